The Morgan fingerprint density at radius 1 is 1.18 bits per heavy atom. The van der Waals surface area contributed by atoms with Gasteiger partial charge in [-0.3, -0.25) is 0 Å². The van der Waals surface area contributed by atoms with Gasteiger partial charge in [0.05, 0.1) is 6.10 Å². The van der Waals surface area contributed by atoms with Crippen LogP contribution in [-0.2, 0) is 12.8 Å². The molecule has 1 aromatic carbocycles. The van der Waals surface area contributed by atoms with Gasteiger partial charge in [0.25, 0.3) is 0 Å². The molecule has 2 aliphatic carbocycles. The van der Waals surface area contributed by atoms with E-state index in [0.717, 1.165) is 13.0 Å². The van der Waals surface area contributed by atoms with Gasteiger partial charge in [-0.05, 0) is 49.1 Å². The lowest BCUT2D eigenvalue weighted by Crippen LogP contribution is -2.39. The molecule has 0 aliphatic heterocycles. The number of rotatable bonds is 4. The van der Waals surface area contributed by atoms with E-state index < -0.39 is 0 Å². The van der Waals surface area contributed by atoms with Crippen molar-refractivity contribution in [3.63, 3.8) is 0 Å². The maximum absolute atomic E-state index is 9.85. The standard InChI is InChI=1S/C15H21NO/c17-15(12-5-6-12)10-16-14-8-7-11-3-1-2-4-13(11)9-14/h1-4,12,14-17H,5-10H2. The van der Waals surface area contributed by atoms with Crippen LogP contribution in [0, 0.1) is 5.92 Å². The first-order valence-corrected chi connectivity index (χ1v) is 6.81. The summed E-state index contributed by atoms with van der Waals surface area (Å²) >= 11 is 0. The molecule has 0 radical (unpaired) electrons. The second kappa shape index (κ2) is 4.79. The zero-order valence-corrected chi connectivity index (χ0v) is 10.2. The highest BCUT2D eigenvalue weighted by Crippen LogP contribution is 2.32. The van der Waals surface area contributed by atoms with Crippen LogP contribution < -0.4 is 5.32 Å². The fourth-order valence-electron chi connectivity index (χ4n) is 2.81. The maximum Gasteiger partial charge on any atom is 0.0692 e. The average Bonchev–Trinajstić information content (AvgIpc) is 3.20. The SMILES string of the molecule is OC(CNC1CCc2ccccc2C1)C1CC1. The second-order valence-electron chi connectivity index (χ2n) is 5.52. The summed E-state index contributed by atoms with van der Waals surface area (Å²) < 4.78 is 0. The van der Waals surface area contributed by atoms with E-state index in [1.54, 1.807) is 0 Å². The third-order valence-corrected chi connectivity index (χ3v) is 4.13. The summed E-state index contributed by atoms with van der Waals surface area (Å²) in [7, 11) is 0. The van der Waals surface area contributed by atoms with Gasteiger partial charge in [0.15, 0.2) is 0 Å². The molecule has 2 atom stereocenters. The van der Waals surface area contributed by atoms with Gasteiger partial charge in [-0.15, -0.1) is 0 Å². The summed E-state index contributed by atoms with van der Waals surface area (Å²) in [6.45, 7) is 0.775. The molecule has 0 aromatic heterocycles. The summed E-state index contributed by atoms with van der Waals surface area (Å²) in [6.07, 6.45) is 5.81. The maximum atomic E-state index is 9.85. The number of hydrogen-bond donors (Lipinski definition) is 2. The molecule has 1 aromatic rings. The lowest BCUT2D eigenvalue weighted by Gasteiger charge is -2.26. The van der Waals surface area contributed by atoms with Crippen molar-refractivity contribution >= 4 is 0 Å². The van der Waals surface area contributed by atoms with E-state index in [9.17, 15) is 5.11 Å². The highest BCUT2D eigenvalue weighted by molar-refractivity contribution is 5.30. The molecule has 0 amide bonds. The van der Waals surface area contributed by atoms with E-state index in [1.165, 1.54) is 36.8 Å². The normalized spacial score (nSPS) is 25.4. The van der Waals surface area contributed by atoms with Crippen LogP contribution in [0.3, 0.4) is 0 Å². The van der Waals surface area contributed by atoms with Crippen molar-refractivity contribution in [2.45, 2.75) is 44.2 Å². The molecule has 2 heteroatoms. The van der Waals surface area contributed by atoms with E-state index in [-0.39, 0.29) is 6.10 Å². The molecular weight excluding hydrogens is 210 g/mol. The van der Waals surface area contributed by atoms with E-state index in [4.69, 9.17) is 0 Å². The lowest BCUT2D eigenvalue weighted by molar-refractivity contribution is 0.143. The summed E-state index contributed by atoms with van der Waals surface area (Å²) in [6, 6.07) is 9.28. The monoisotopic (exact) mass is 231 g/mol. The molecule has 0 heterocycles. The Kier molecular flexibility index (Phi) is 3.17. The van der Waals surface area contributed by atoms with Gasteiger partial charge in [-0.2, -0.15) is 0 Å². The third-order valence-electron chi connectivity index (χ3n) is 4.13. The van der Waals surface area contributed by atoms with E-state index in [0.29, 0.717) is 12.0 Å². The predicted octanol–water partition coefficient (Wildman–Crippen LogP) is 1.90. The molecule has 2 nitrogen and oxygen atoms in total. The molecule has 0 saturated heterocycles. The van der Waals surface area contributed by atoms with Crippen molar-refractivity contribution in [3.8, 4) is 0 Å². The van der Waals surface area contributed by atoms with Gasteiger partial charge in [0.2, 0.25) is 0 Å². The van der Waals surface area contributed by atoms with E-state index in [1.807, 2.05) is 0 Å². The Bertz CT molecular complexity index is 386. The largest absolute Gasteiger partial charge is 0.392 e. The van der Waals surface area contributed by atoms with Crippen molar-refractivity contribution in [3.05, 3.63) is 35.4 Å². The third kappa shape index (κ3) is 2.70. The van der Waals surface area contributed by atoms with Gasteiger partial charge >= 0.3 is 0 Å². The molecule has 3 rings (SSSR count). The molecule has 92 valence electrons. The number of aliphatic hydroxyl groups excluding tert-OH is 1. The smallest absolute Gasteiger partial charge is 0.0692 e. The van der Waals surface area contributed by atoms with Crippen LogP contribution in [-0.4, -0.2) is 23.8 Å². The summed E-state index contributed by atoms with van der Waals surface area (Å²) in [5.41, 5.74) is 2.99. The fraction of sp³-hybridized carbons (Fsp3) is 0.600. The molecule has 1 saturated carbocycles. The topological polar surface area (TPSA) is 32.3 Å². The molecule has 2 N–H and O–H groups in total. The predicted molar refractivity (Wildman–Crippen MR) is 69.0 cm³/mol. The van der Waals surface area contributed by atoms with Crippen LogP contribution in [0.1, 0.15) is 30.4 Å². The number of hydrogen-bond acceptors (Lipinski definition) is 2. The highest BCUT2D eigenvalue weighted by atomic mass is 16.3. The number of aliphatic hydroxyl groups is 1. The lowest BCUT2D eigenvalue weighted by atomic mass is 9.88. The van der Waals surface area contributed by atoms with Crippen LogP contribution >= 0.6 is 0 Å². The fourth-order valence-corrected chi connectivity index (χ4v) is 2.81. The number of aryl methyl sites for hydroxylation is 1. The van der Waals surface area contributed by atoms with Crippen molar-refractivity contribution in [2.75, 3.05) is 6.54 Å². The Morgan fingerprint density at radius 3 is 2.71 bits per heavy atom. The van der Waals surface area contributed by atoms with Gasteiger partial charge in [-0.1, -0.05) is 24.3 Å². The highest BCUT2D eigenvalue weighted by Gasteiger charge is 2.30. The van der Waals surface area contributed by atoms with Crippen molar-refractivity contribution in [1.82, 2.24) is 5.32 Å². The van der Waals surface area contributed by atoms with Crippen LogP contribution in [0.15, 0.2) is 24.3 Å². The van der Waals surface area contributed by atoms with Gasteiger partial charge in [0, 0.05) is 12.6 Å². The van der Waals surface area contributed by atoms with Crippen LogP contribution in [0.2, 0.25) is 0 Å². The summed E-state index contributed by atoms with van der Waals surface area (Å²) in [5.74, 6) is 0.582. The second-order valence-corrected chi connectivity index (χ2v) is 5.52. The van der Waals surface area contributed by atoms with Crippen LogP contribution in [0.25, 0.3) is 0 Å². The average molecular weight is 231 g/mol. The molecule has 2 unspecified atom stereocenters. The molecular formula is C15H21NO. The quantitative estimate of drug-likeness (QED) is 0.829. The zero-order chi connectivity index (χ0) is 11.7. The van der Waals surface area contributed by atoms with Crippen LogP contribution in [0.4, 0.5) is 0 Å². The van der Waals surface area contributed by atoms with Crippen molar-refractivity contribution in [1.29, 1.82) is 0 Å². The number of benzene rings is 1. The molecule has 0 bridgehead atoms. The molecule has 17 heavy (non-hydrogen) atoms. The molecule has 1 fully saturated rings. The van der Waals surface area contributed by atoms with Gasteiger partial charge < -0.3 is 10.4 Å². The first-order valence-electron chi connectivity index (χ1n) is 6.81. The van der Waals surface area contributed by atoms with Crippen molar-refractivity contribution in [2.24, 2.45) is 5.92 Å². The zero-order valence-electron chi connectivity index (χ0n) is 10.2. The first-order chi connectivity index (χ1) is 8.33. The van der Waals surface area contributed by atoms with E-state index in [2.05, 4.69) is 29.6 Å². The number of nitrogens with one attached hydrogen (secondary N) is 1. The minimum Gasteiger partial charge on any atom is -0.392 e. The molecule has 2 aliphatic rings. The minimum absolute atomic E-state index is 0.118. The van der Waals surface area contributed by atoms with E-state index >= 15 is 0 Å². The van der Waals surface area contributed by atoms with Gasteiger partial charge in [-0.25, -0.2) is 0 Å². The molecule has 0 spiro atoms. The van der Waals surface area contributed by atoms with Crippen LogP contribution in [0.5, 0.6) is 0 Å². The Labute approximate surface area is 103 Å². The van der Waals surface area contributed by atoms with Crippen molar-refractivity contribution < 1.29 is 5.11 Å². The first kappa shape index (κ1) is 11.2. The Hall–Kier alpha value is -0.860. The Morgan fingerprint density at radius 2 is 1.94 bits per heavy atom. The summed E-state index contributed by atoms with van der Waals surface area (Å²) in [4.78, 5) is 0. The summed E-state index contributed by atoms with van der Waals surface area (Å²) in [5, 5.41) is 13.4. The minimum atomic E-state index is -0.118. The van der Waals surface area contributed by atoms with Gasteiger partial charge in [0.1, 0.15) is 0 Å². The Balaban J connectivity index is 1.53. The number of fused-ring (bicyclic) bond motifs is 1.